The number of carboxylic acids is 3. The Morgan fingerprint density at radius 1 is 0.789 bits per heavy atom. The normalized spacial score (nSPS) is 14.6. The quantitative estimate of drug-likeness (QED) is 0.172. The van der Waals surface area contributed by atoms with Gasteiger partial charge >= 0.3 is 36.4 Å². The number of benzene rings is 2. The molecule has 2 fully saturated rings. The van der Waals surface area contributed by atoms with E-state index in [1.807, 2.05) is 36.7 Å². The highest BCUT2D eigenvalue weighted by molar-refractivity contribution is 7.92. The zero-order valence-corrected chi connectivity index (χ0v) is 30.0. The monoisotopic (exact) mass is 845 g/mol. The van der Waals surface area contributed by atoms with Crippen LogP contribution in [-0.4, -0.2) is 119 Å². The molecule has 0 unspecified atom stereocenters. The van der Waals surface area contributed by atoms with E-state index < -0.39 is 46.5 Å². The molecular formula is C32H32F9N7O8S. The molecule has 2 aromatic heterocycles. The van der Waals surface area contributed by atoms with Gasteiger partial charge in [0.05, 0.1) is 23.7 Å². The molecule has 6 rings (SSSR count). The third-order valence-corrected chi connectivity index (χ3v) is 8.92. The van der Waals surface area contributed by atoms with Crippen molar-refractivity contribution in [2.75, 3.05) is 53.1 Å². The third-order valence-electron chi connectivity index (χ3n) is 7.76. The van der Waals surface area contributed by atoms with E-state index in [0.29, 0.717) is 12.5 Å². The number of fused-ring (bicyclic) bond motifs is 1. The molecule has 57 heavy (non-hydrogen) atoms. The van der Waals surface area contributed by atoms with E-state index in [9.17, 15) is 47.9 Å². The van der Waals surface area contributed by atoms with Gasteiger partial charge in [-0.05, 0) is 54.7 Å². The van der Waals surface area contributed by atoms with Gasteiger partial charge in [0.1, 0.15) is 12.1 Å². The highest BCUT2D eigenvalue weighted by Crippen LogP contribution is 2.34. The summed E-state index contributed by atoms with van der Waals surface area (Å²) >= 11 is 0. The summed E-state index contributed by atoms with van der Waals surface area (Å²) < 4.78 is 122. The van der Waals surface area contributed by atoms with Crippen LogP contribution in [0.2, 0.25) is 0 Å². The van der Waals surface area contributed by atoms with Crippen LogP contribution in [0.5, 0.6) is 0 Å². The molecule has 3 heterocycles. The Morgan fingerprint density at radius 2 is 1.32 bits per heavy atom. The molecule has 0 amide bonds. The molecule has 2 aliphatic rings. The fourth-order valence-electron chi connectivity index (χ4n) is 4.87. The van der Waals surface area contributed by atoms with E-state index in [1.54, 1.807) is 10.6 Å². The van der Waals surface area contributed by atoms with Crippen LogP contribution >= 0.6 is 0 Å². The smallest absolute Gasteiger partial charge is 0.475 e. The number of aromatic amines is 1. The van der Waals surface area contributed by atoms with Crippen LogP contribution in [-0.2, 0) is 24.4 Å². The second-order valence-corrected chi connectivity index (χ2v) is 14.0. The first-order valence-electron chi connectivity index (χ1n) is 16.0. The summed E-state index contributed by atoms with van der Waals surface area (Å²) in [7, 11) is -3.32. The van der Waals surface area contributed by atoms with Gasteiger partial charge in [-0.3, -0.25) is 9.40 Å². The second kappa shape index (κ2) is 18.4. The SMILES string of the molecule is CS(=O)(=O)N(CC1CC1)c1cccc(N2CCN(c3ncnc4ccc(-c5cn[nH]c5)cc34)CC2)c1.O=C(O)C(F)(F)F.O=C(O)C(F)(F)F.O=C(O)C(F)(F)F. The number of nitrogens with one attached hydrogen (secondary N) is 1. The summed E-state index contributed by atoms with van der Waals surface area (Å²) in [6.45, 7) is 3.82. The van der Waals surface area contributed by atoms with E-state index in [2.05, 4.69) is 48.2 Å². The van der Waals surface area contributed by atoms with Gasteiger partial charge in [0.25, 0.3) is 0 Å². The van der Waals surface area contributed by atoms with Crippen molar-refractivity contribution in [2.24, 2.45) is 5.92 Å². The van der Waals surface area contributed by atoms with Crippen molar-refractivity contribution in [3.8, 4) is 11.1 Å². The summed E-state index contributed by atoms with van der Waals surface area (Å²) in [6, 6.07) is 14.1. The number of halogens is 9. The molecule has 25 heteroatoms. The summed E-state index contributed by atoms with van der Waals surface area (Å²) in [5.41, 5.74) is 4.81. The lowest BCUT2D eigenvalue weighted by atomic mass is 10.1. The van der Waals surface area contributed by atoms with Crippen molar-refractivity contribution < 1.29 is 77.6 Å². The Labute approximate surface area is 316 Å². The van der Waals surface area contributed by atoms with Crippen LogP contribution in [0.4, 0.5) is 56.7 Å². The van der Waals surface area contributed by atoms with Crippen molar-refractivity contribution in [2.45, 2.75) is 31.4 Å². The maximum Gasteiger partial charge on any atom is 0.490 e. The predicted octanol–water partition coefficient (Wildman–Crippen LogP) is 5.42. The van der Waals surface area contributed by atoms with Crippen molar-refractivity contribution in [1.82, 2.24) is 20.2 Å². The van der Waals surface area contributed by atoms with E-state index in [1.165, 1.54) is 6.26 Å². The highest BCUT2D eigenvalue weighted by atomic mass is 32.2. The number of H-pyrrole nitrogens is 1. The van der Waals surface area contributed by atoms with Crippen LogP contribution in [0.1, 0.15) is 12.8 Å². The summed E-state index contributed by atoms with van der Waals surface area (Å²) in [6.07, 6.45) is -6.42. The van der Waals surface area contributed by atoms with Gasteiger partial charge < -0.3 is 25.1 Å². The van der Waals surface area contributed by atoms with Gasteiger partial charge in [-0.15, -0.1) is 0 Å². The minimum absolute atomic E-state index is 0.476. The zero-order chi connectivity index (χ0) is 42.9. The maximum absolute atomic E-state index is 12.5. The highest BCUT2D eigenvalue weighted by Gasteiger charge is 2.39. The van der Waals surface area contributed by atoms with Gasteiger partial charge in [0, 0.05) is 55.6 Å². The lowest BCUT2D eigenvalue weighted by Gasteiger charge is -2.37. The Bertz CT molecular complexity index is 2050. The number of carboxylic acid groups (broad SMARTS) is 3. The van der Waals surface area contributed by atoms with Gasteiger partial charge in [0.15, 0.2) is 0 Å². The second-order valence-electron chi connectivity index (χ2n) is 12.1. The molecule has 4 N–H and O–H groups in total. The predicted molar refractivity (Wildman–Crippen MR) is 184 cm³/mol. The first-order valence-corrected chi connectivity index (χ1v) is 17.9. The Morgan fingerprint density at radius 3 is 1.77 bits per heavy atom. The number of piperazine rings is 1. The van der Waals surface area contributed by atoms with Crippen LogP contribution in [0, 0.1) is 5.92 Å². The van der Waals surface area contributed by atoms with E-state index in [-0.39, 0.29) is 0 Å². The molecule has 1 saturated heterocycles. The molecule has 1 aliphatic carbocycles. The molecule has 1 aliphatic heterocycles. The molecule has 4 aromatic rings. The molecule has 2 aromatic carbocycles. The Balaban J connectivity index is 0.000000341. The molecule has 312 valence electrons. The first-order chi connectivity index (χ1) is 26.3. The standard InChI is InChI=1S/C26H29N7O2S.3C2HF3O2/c1-36(34,35)33(17-19-5-6-19)23-4-2-3-22(14-23)31-9-11-32(12-10-31)26-24-13-20(21-15-29-30-16-21)7-8-25(24)27-18-28-26;3*3-2(4,5)1(6)7/h2-4,7-8,13-16,18-19H,5-6,9-12,17H2,1H3,(H,29,30);3*(H,6,7). The van der Waals surface area contributed by atoms with Gasteiger partial charge in [-0.2, -0.15) is 44.6 Å². The van der Waals surface area contributed by atoms with Gasteiger partial charge in [0.2, 0.25) is 10.0 Å². The number of carbonyl (C=O) groups is 3. The minimum atomic E-state index is -5.08. The largest absolute Gasteiger partial charge is 0.490 e. The molecular weight excluding hydrogens is 813 g/mol. The Hall–Kier alpha value is -5.88. The van der Waals surface area contributed by atoms with Crippen molar-refractivity contribution in [3.05, 3.63) is 61.2 Å². The lowest BCUT2D eigenvalue weighted by Crippen LogP contribution is -2.47. The number of anilines is 3. The number of alkyl halides is 9. The third kappa shape index (κ3) is 14.0. The minimum Gasteiger partial charge on any atom is -0.475 e. The van der Waals surface area contributed by atoms with Gasteiger partial charge in [-0.1, -0.05) is 12.1 Å². The molecule has 0 radical (unpaired) electrons. The average Bonchev–Trinajstić information content (AvgIpc) is 3.78. The van der Waals surface area contributed by atoms with Crippen LogP contribution in [0.15, 0.2) is 61.2 Å². The zero-order valence-electron chi connectivity index (χ0n) is 29.2. The van der Waals surface area contributed by atoms with Crippen molar-refractivity contribution >= 4 is 56.0 Å². The van der Waals surface area contributed by atoms with E-state index in [4.69, 9.17) is 29.7 Å². The molecule has 0 spiro atoms. The topological polar surface area (TPSA) is 210 Å². The first kappa shape index (κ1) is 45.5. The number of hydrogen-bond donors (Lipinski definition) is 4. The lowest BCUT2D eigenvalue weighted by molar-refractivity contribution is -0.193. The van der Waals surface area contributed by atoms with E-state index >= 15 is 0 Å². The number of nitrogens with zero attached hydrogens (tertiary/aromatic N) is 6. The fraction of sp³-hybridized carbons (Fsp3) is 0.375. The molecule has 1 saturated carbocycles. The van der Waals surface area contributed by atoms with Crippen molar-refractivity contribution in [1.29, 1.82) is 0 Å². The number of aliphatic carboxylic acids is 3. The number of hydrogen-bond acceptors (Lipinski definition) is 10. The fourth-order valence-corrected chi connectivity index (χ4v) is 5.85. The summed E-state index contributed by atoms with van der Waals surface area (Å²) in [5, 5.41) is 29.3. The van der Waals surface area contributed by atoms with Crippen LogP contribution in [0.25, 0.3) is 22.0 Å². The van der Waals surface area contributed by atoms with Gasteiger partial charge in [-0.25, -0.2) is 32.8 Å². The molecule has 0 bridgehead atoms. The number of aromatic nitrogens is 4. The number of rotatable bonds is 7. The summed E-state index contributed by atoms with van der Waals surface area (Å²) in [5.74, 6) is -6.86. The molecule has 0 atom stereocenters. The molecule has 15 nitrogen and oxygen atoms in total. The van der Waals surface area contributed by atoms with E-state index in [0.717, 1.165) is 78.2 Å². The Kier molecular flexibility index (Phi) is 14.7. The van der Waals surface area contributed by atoms with Crippen molar-refractivity contribution in [3.63, 3.8) is 0 Å². The summed E-state index contributed by atoms with van der Waals surface area (Å²) in [4.78, 5) is 40.4. The number of sulfonamides is 1. The average molecular weight is 846 g/mol. The maximum atomic E-state index is 12.5. The van der Waals surface area contributed by atoms with Crippen LogP contribution in [0.3, 0.4) is 0 Å². The van der Waals surface area contributed by atoms with Crippen LogP contribution < -0.4 is 14.1 Å².